The molecule has 0 aliphatic carbocycles. The number of carbonyl (C=O) groups is 2. The van der Waals surface area contributed by atoms with Crippen LogP contribution in [0.25, 0.3) is 0 Å². The van der Waals surface area contributed by atoms with Gasteiger partial charge in [0.15, 0.2) is 0 Å². The quantitative estimate of drug-likeness (QED) is 0.922. The summed E-state index contributed by atoms with van der Waals surface area (Å²) in [6.45, 7) is 2.83. The number of hydrogen-bond donors (Lipinski definition) is 1. The molecule has 2 aromatic heterocycles. The van der Waals surface area contributed by atoms with E-state index < -0.39 is 0 Å². The van der Waals surface area contributed by atoms with Gasteiger partial charge in [0, 0.05) is 56.6 Å². The normalized spacial score (nSPS) is 23.5. The topological polar surface area (TPSA) is 69.3 Å². The predicted octanol–water partition coefficient (Wildman–Crippen LogP) is 2.45. The monoisotopic (exact) mass is 352 g/mol. The maximum Gasteiger partial charge on any atom is 0.270 e. The summed E-state index contributed by atoms with van der Waals surface area (Å²) < 4.78 is 0. The number of aromatic nitrogens is 2. The van der Waals surface area contributed by atoms with Crippen LogP contribution in [0.3, 0.4) is 0 Å². The van der Waals surface area contributed by atoms with E-state index in [0.29, 0.717) is 18.7 Å². The van der Waals surface area contributed by atoms with Gasteiger partial charge in [0.25, 0.3) is 5.91 Å². The van der Waals surface area contributed by atoms with Crippen LogP contribution in [0.2, 0.25) is 0 Å². The predicted molar refractivity (Wildman–Crippen MR) is 97.3 cm³/mol. The van der Waals surface area contributed by atoms with E-state index in [4.69, 9.17) is 0 Å². The van der Waals surface area contributed by atoms with Crippen molar-refractivity contribution in [2.24, 2.45) is 5.41 Å². The summed E-state index contributed by atoms with van der Waals surface area (Å²) in [5, 5.41) is 0. The first-order valence-electron chi connectivity index (χ1n) is 9.25. The summed E-state index contributed by atoms with van der Waals surface area (Å²) in [7, 11) is 0. The number of piperidine rings is 2. The standard InChI is InChI=1S/C20H24N4O2/c25-18-6-8-20(15-24(18)13-16-4-1-9-21-12-16)7-3-11-23(14-20)19(26)17-5-2-10-22-17/h1-2,4-5,9-10,12,22H,3,6-8,11,13-15H2. The van der Waals surface area contributed by atoms with Gasteiger partial charge in [0.2, 0.25) is 5.91 Å². The van der Waals surface area contributed by atoms with E-state index in [9.17, 15) is 9.59 Å². The molecule has 0 aromatic carbocycles. The Morgan fingerprint density at radius 3 is 2.92 bits per heavy atom. The fourth-order valence-corrected chi connectivity index (χ4v) is 4.31. The largest absolute Gasteiger partial charge is 0.357 e. The smallest absolute Gasteiger partial charge is 0.270 e. The van der Waals surface area contributed by atoms with E-state index >= 15 is 0 Å². The second-order valence-electron chi connectivity index (χ2n) is 7.53. The third-order valence-corrected chi connectivity index (χ3v) is 5.62. The Balaban J connectivity index is 1.48. The molecule has 0 saturated carbocycles. The van der Waals surface area contributed by atoms with Crippen LogP contribution >= 0.6 is 0 Å². The first-order valence-corrected chi connectivity index (χ1v) is 9.25. The number of H-pyrrole nitrogens is 1. The van der Waals surface area contributed by atoms with Crippen LogP contribution in [-0.4, -0.2) is 51.2 Å². The van der Waals surface area contributed by atoms with Gasteiger partial charge >= 0.3 is 0 Å². The van der Waals surface area contributed by atoms with Crippen molar-refractivity contribution in [1.29, 1.82) is 0 Å². The van der Waals surface area contributed by atoms with E-state index in [1.165, 1.54) is 0 Å². The lowest BCUT2D eigenvalue weighted by Crippen LogP contribution is -2.54. The minimum Gasteiger partial charge on any atom is -0.357 e. The van der Waals surface area contributed by atoms with E-state index in [1.54, 1.807) is 12.4 Å². The lowest BCUT2D eigenvalue weighted by molar-refractivity contribution is -0.139. The lowest BCUT2D eigenvalue weighted by atomic mass is 9.73. The van der Waals surface area contributed by atoms with Crippen LogP contribution in [0.15, 0.2) is 42.9 Å². The van der Waals surface area contributed by atoms with Crippen molar-refractivity contribution in [2.75, 3.05) is 19.6 Å². The molecule has 1 spiro atoms. The molecule has 2 aromatic rings. The molecule has 136 valence electrons. The van der Waals surface area contributed by atoms with Gasteiger partial charge in [-0.25, -0.2) is 0 Å². The molecule has 2 aliphatic heterocycles. The highest BCUT2D eigenvalue weighted by atomic mass is 16.2. The first-order chi connectivity index (χ1) is 12.7. The number of nitrogens with zero attached hydrogens (tertiary/aromatic N) is 3. The van der Waals surface area contributed by atoms with Gasteiger partial charge in [0.05, 0.1) is 0 Å². The summed E-state index contributed by atoms with van der Waals surface area (Å²) in [6, 6.07) is 7.57. The van der Waals surface area contributed by atoms with Crippen LogP contribution in [0, 0.1) is 5.41 Å². The summed E-state index contributed by atoms with van der Waals surface area (Å²) in [6.07, 6.45) is 8.82. The van der Waals surface area contributed by atoms with Gasteiger partial charge in [-0.05, 0) is 43.0 Å². The molecule has 2 amide bonds. The maximum absolute atomic E-state index is 12.7. The van der Waals surface area contributed by atoms with Crippen molar-refractivity contribution in [3.8, 4) is 0 Å². The van der Waals surface area contributed by atoms with E-state index in [2.05, 4.69) is 9.97 Å². The van der Waals surface area contributed by atoms with Crippen molar-refractivity contribution in [1.82, 2.24) is 19.8 Å². The highest BCUT2D eigenvalue weighted by Crippen LogP contribution is 2.39. The SMILES string of the molecule is O=C1CCC2(CCCN(C(=O)c3ccc[nH]3)C2)CN1Cc1cccnc1. The van der Waals surface area contributed by atoms with Gasteiger partial charge in [0.1, 0.15) is 5.69 Å². The maximum atomic E-state index is 12.7. The highest BCUT2D eigenvalue weighted by molar-refractivity contribution is 5.92. The number of amides is 2. The summed E-state index contributed by atoms with van der Waals surface area (Å²) in [5.74, 6) is 0.261. The second-order valence-corrected chi connectivity index (χ2v) is 7.53. The number of hydrogen-bond acceptors (Lipinski definition) is 3. The Kier molecular flexibility index (Phi) is 4.49. The molecule has 0 radical (unpaired) electrons. The molecule has 2 fully saturated rings. The van der Waals surface area contributed by atoms with E-state index in [0.717, 1.165) is 44.5 Å². The summed E-state index contributed by atoms with van der Waals surface area (Å²) in [5.41, 5.74) is 1.70. The highest BCUT2D eigenvalue weighted by Gasteiger charge is 2.42. The molecule has 4 heterocycles. The Morgan fingerprint density at radius 1 is 1.23 bits per heavy atom. The van der Waals surface area contributed by atoms with Crippen molar-refractivity contribution in [2.45, 2.75) is 32.2 Å². The number of pyridine rings is 1. The Morgan fingerprint density at radius 2 is 2.15 bits per heavy atom. The van der Waals surface area contributed by atoms with Crippen molar-refractivity contribution < 1.29 is 9.59 Å². The van der Waals surface area contributed by atoms with Crippen LogP contribution in [0.1, 0.15) is 41.7 Å². The number of rotatable bonds is 3. The summed E-state index contributed by atoms with van der Waals surface area (Å²) >= 11 is 0. The minimum atomic E-state index is 0.0105. The van der Waals surface area contributed by atoms with Gasteiger partial charge in [-0.2, -0.15) is 0 Å². The molecule has 6 heteroatoms. The molecule has 1 unspecified atom stereocenters. The molecular formula is C20H24N4O2. The van der Waals surface area contributed by atoms with Crippen molar-refractivity contribution >= 4 is 11.8 Å². The minimum absolute atomic E-state index is 0.0105. The number of nitrogens with one attached hydrogen (secondary N) is 1. The van der Waals surface area contributed by atoms with Crippen LogP contribution in [-0.2, 0) is 11.3 Å². The summed E-state index contributed by atoms with van der Waals surface area (Å²) in [4.78, 5) is 36.2. The molecule has 2 aliphatic rings. The molecule has 1 N–H and O–H groups in total. The zero-order chi connectivity index (χ0) is 18.0. The fourth-order valence-electron chi connectivity index (χ4n) is 4.31. The fraction of sp³-hybridized carbons (Fsp3) is 0.450. The zero-order valence-electron chi connectivity index (χ0n) is 14.9. The number of carbonyl (C=O) groups excluding carboxylic acids is 2. The third kappa shape index (κ3) is 3.36. The van der Waals surface area contributed by atoms with Gasteiger partial charge < -0.3 is 14.8 Å². The molecule has 4 rings (SSSR count). The molecule has 2 saturated heterocycles. The Hall–Kier alpha value is -2.63. The average molecular weight is 352 g/mol. The number of aromatic amines is 1. The lowest BCUT2D eigenvalue weighted by Gasteiger charge is -2.48. The van der Waals surface area contributed by atoms with Crippen LogP contribution < -0.4 is 0 Å². The average Bonchev–Trinajstić information content (AvgIpc) is 3.20. The molecule has 26 heavy (non-hydrogen) atoms. The molecule has 0 bridgehead atoms. The first kappa shape index (κ1) is 16.8. The van der Waals surface area contributed by atoms with E-state index in [1.807, 2.05) is 40.3 Å². The molecular weight excluding hydrogens is 328 g/mol. The van der Waals surface area contributed by atoms with Gasteiger partial charge in [-0.15, -0.1) is 0 Å². The zero-order valence-corrected chi connectivity index (χ0v) is 14.9. The third-order valence-electron chi connectivity index (χ3n) is 5.62. The molecule has 1 atom stereocenters. The second kappa shape index (κ2) is 6.94. The van der Waals surface area contributed by atoms with Crippen molar-refractivity contribution in [3.63, 3.8) is 0 Å². The van der Waals surface area contributed by atoms with Crippen LogP contribution in [0.4, 0.5) is 0 Å². The van der Waals surface area contributed by atoms with E-state index in [-0.39, 0.29) is 17.2 Å². The Bertz CT molecular complexity index is 774. The van der Waals surface area contributed by atoms with Crippen LogP contribution in [0.5, 0.6) is 0 Å². The Labute approximate surface area is 153 Å². The number of likely N-dealkylation sites (tertiary alicyclic amines) is 2. The van der Waals surface area contributed by atoms with Gasteiger partial charge in [-0.1, -0.05) is 6.07 Å². The van der Waals surface area contributed by atoms with Gasteiger partial charge in [-0.3, -0.25) is 14.6 Å². The van der Waals surface area contributed by atoms with Crippen molar-refractivity contribution in [3.05, 3.63) is 54.1 Å². The molecule has 6 nitrogen and oxygen atoms in total.